The van der Waals surface area contributed by atoms with E-state index in [1.54, 1.807) is 12.1 Å². The van der Waals surface area contributed by atoms with E-state index in [4.69, 9.17) is 5.73 Å². The highest BCUT2D eigenvalue weighted by atomic mass is 16.2. The van der Waals surface area contributed by atoms with Crippen molar-refractivity contribution in [2.45, 2.75) is 50.1 Å². The molecule has 10 nitrogen and oxygen atoms in total. The second kappa shape index (κ2) is 8.37. The summed E-state index contributed by atoms with van der Waals surface area (Å²) in [7, 11) is 0. The van der Waals surface area contributed by atoms with Crippen LogP contribution in [0.4, 0.5) is 10.5 Å². The van der Waals surface area contributed by atoms with Gasteiger partial charge in [0.2, 0.25) is 5.91 Å². The van der Waals surface area contributed by atoms with E-state index < -0.39 is 23.4 Å². The monoisotopic (exact) mass is 426 g/mol. The number of primary amides is 1. The summed E-state index contributed by atoms with van der Waals surface area (Å²) in [6.45, 7) is 0.508. The number of hydrogen-bond donors (Lipinski definition) is 3. The van der Waals surface area contributed by atoms with Crippen molar-refractivity contribution in [2.24, 2.45) is 10.8 Å². The molecule has 0 radical (unpaired) electrons. The van der Waals surface area contributed by atoms with Gasteiger partial charge in [-0.3, -0.25) is 24.3 Å². The first kappa shape index (κ1) is 20.8. The Morgan fingerprint density at radius 2 is 1.90 bits per heavy atom. The molecule has 4 N–H and O–H groups in total. The SMILES string of the molecule is NC(=O)C1CC(C(=O)NCCCN2C(=O)NC3(CCCC3)C2=O)=NN1c1ccccc1. The molecule has 2 fully saturated rings. The molecule has 1 unspecified atom stereocenters. The van der Waals surface area contributed by atoms with Crippen LogP contribution in [0.5, 0.6) is 0 Å². The second-order valence-electron chi connectivity index (χ2n) is 8.13. The maximum absolute atomic E-state index is 12.6. The number of nitrogens with one attached hydrogen (secondary N) is 2. The lowest BCUT2D eigenvalue weighted by Gasteiger charge is -2.20. The molecule has 1 saturated carbocycles. The summed E-state index contributed by atoms with van der Waals surface area (Å²) in [5, 5.41) is 11.4. The molecular formula is C21H26N6O4. The van der Waals surface area contributed by atoms with Gasteiger partial charge in [0.15, 0.2) is 0 Å². The fraction of sp³-hybridized carbons (Fsp3) is 0.476. The number of hydrazone groups is 1. The number of carbonyl (C=O) groups is 4. The van der Waals surface area contributed by atoms with Crippen LogP contribution >= 0.6 is 0 Å². The standard InChI is InChI=1S/C21H26N6O4/c22-17(28)16-13-15(25-27(16)14-7-2-1-3-8-14)18(29)23-11-6-12-26-19(30)21(24-20(26)31)9-4-5-10-21/h1-3,7-8,16H,4-6,9-13H2,(H2,22,28)(H,23,29)(H,24,31). The summed E-state index contributed by atoms with van der Waals surface area (Å²) in [5.74, 6) is -1.12. The van der Waals surface area contributed by atoms with Gasteiger partial charge in [-0.2, -0.15) is 5.10 Å². The van der Waals surface area contributed by atoms with Crippen LogP contribution in [0.25, 0.3) is 0 Å². The zero-order valence-electron chi connectivity index (χ0n) is 17.2. The van der Waals surface area contributed by atoms with E-state index in [1.165, 1.54) is 9.91 Å². The summed E-state index contributed by atoms with van der Waals surface area (Å²) in [4.78, 5) is 50.4. The van der Waals surface area contributed by atoms with Gasteiger partial charge in [0, 0.05) is 19.5 Å². The number of para-hydroxylation sites is 1. The van der Waals surface area contributed by atoms with E-state index in [0.29, 0.717) is 24.9 Å². The second-order valence-corrected chi connectivity index (χ2v) is 8.13. The zero-order chi connectivity index (χ0) is 22.0. The molecule has 2 aliphatic heterocycles. The minimum Gasteiger partial charge on any atom is -0.368 e. The molecule has 0 bridgehead atoms. The fourth-order valence-electron chi connectivity index (χ4n) is 4.43. The number of rotatable bonds is 7. The Balaban J connectivity index is 1.30. The van der Waals surface area contributed by atoms with E-state index in [2.05, 4.69) is 15.7 Å². The van der Waals surface area contributed by atoms with Gasteiger partial charge in [0.1, 0.15) is 17.3 Å². The summed E-state index contributed by atoms with van der Waals surface area (Å²) >= 11 is 0. The van der Waals surface area contributed by atoms with Gasteiger partial charge in [-0.15, -0.1) is 0 Å². The number of hydrogen-bond acceptors (Lipinski definition) is 6. The Labute approximate surface area is 179 Å². The first-order chi connectivity index (χ1) is 14.9. The predicted molar refractivity (Wildman–Crippen MR) is 113 cm³/mol. The first-order valence-corrected chi connectivity index (χ1v) is 10.5. The van der Waals surface area contributed by atoms with Gasteiger partial charge in [0.05, 0.1) is 5.69 Å². The number of benzene rings is 1. The molecule has 0 aromatic heterocycles. The van der Waals surface area contributed by atoms with Gasteiger partial charge in [-0.1, -0.05) is 31.0 Å². The third kappa shape index (κ3) is 3.97. The quantitative estimate of drug-likeness (QED) is 0.430. The van der Waals surface area contributed by atoms with Crippen LogP contribution in [0.3, 0.4) is 0 Å². The van der Waals surface area contributed by atoms with E-state index in [9.17, 15) is 19.2 Å². The third-order valence-electron chi connectivity index (χ3n) is 6.07. The lowest BCUT2D eigenvalue weighted by atomic mass is 9.98. The molecule has 31 heavy (non-hydrogen) atoms. The number of imide groups is 1. The Bertz CT molecular complexity index is 925. The number of carbonyl (C=O) groups excluding carboxylic acids is 4. The van der Waals surface area contributed by atoms with E-state index >= 15 is 0 Å². The molecule has 1 atom stereocenters. The number of nitrogens with two attached hydrogens (primary N) is 1. The van der Waals surface area contributed by atoms with Crippen molar-refractivity contribution < 1.29 is 19.2 Å². The van der Waals surface area contributed by atoms with Crippen LogP contribution in [0.15, 0.2) is 35.4 Å². The molecule has 5 amide bonds. The summed E-state index contributed by atoms with van der Waals surface area (Å²) in [5.41, 5.74) is 5.66. The van der Waals surface area contributed by atoms with Crippen LogP contribution < -0.4 is 21.4 Å². The normalized spacial score (nSPS) is 22.1. The third-order valence-corrected chi connectivity index (χ3v) is 6.07. The zero-order valence-corrected chi connectivity index (χ0v) is 17.2. The predicted octanol–water partition coefficient (Wildman–Crippen LogP) is 0.478. The fourth-order valence-corrected chi connectivity index (χ4v) is 4.43. The van der Waals surface area contributed by atoms with Crippen molar-refractivity contribution in [1.82, 2.24) is 15.5 Å². The number of urea groups is 1. The van der Waals surface area contributed by atoms with Gasteiger partial charge < -0.3 is 16.4 Å². The van der Waals surface area contributed by atoms with E-state index in [-0.39, 0.29) is 37.2 Å². The molecule has 1 aliphatic carbocycles. The van der Waals surface area contributed by atoms with Gasteiger partial charge in [-0.25, -0.2) is 4.79 Å². The molecular weight excluding hydrogens is 400 g/mol. The molecule has 1 aromatic carbocycles. The number of amides is 5. The Hall–Kier alpha value is -3.43. The van der Waals surface area contributed by atoms with Crippen LogP contribution in [0, 0.1) is 0 Å². The first-order valence-electron chi connectivity index (χ1n) is 10.5. The molecule has 1 saturated heterocycles. The minimum atomic E-state index is -0.725. The highest BCUT2D eigenvalue weighted by molar-refractivity contribution is 6.40. The summed E-state index contributed by atoms with van der Waals surface area (Å²) in [6, 6.07) is 7.96. The average Bonchev–Trinajstić information content (AvgIpc) is 3.46. The molecule has 164 valence electrons. The molecule has 3 aliphatic rings. The smallest absolute Gasteiger partial charge is 0.325 e. The maximum atomic E-state index is 12.6. The number of nitrogens with zero attached hydrogens (tertiary/aromatic N) is 3. The Kier molecular flexibility index (Phi) is 5.62. The van der Waals surface area contributed by atoms with Crippen LogP contribution in [0.1, 0.15) is 38.5 Å². The van der Waals surface area contributed by atoms with Crippen molar-refractivity contribution in [3.8, 4) is 0 Å². The maximum Gasteiger partial charge on any atom is 0.325 e. The van der Waals surface area contributed by atoms with Crippen LogP contribution in [-0.2, 0) is 14.4 Å². The molecule has 10 heteroatoms. The van der Waals surface area contributed by atoms with Crippen LogP contribution in [-0.4, -0.2) is 59.0 Å². The summed E-state index contributed by atoms with van der Waals surface area (Å²) in [6.07, 6.45) is 3.78. The van der Waals surface area contributed by atoms with Gasteiger partial charge >= 0.3 is 6.03 Å². The van der Waals surface area contributed by atoms with E-state index in [1.807, 2.05) is 18.2 Å². The van der Waals surface area contributed by atoms with Crippen molar-refractivity contribution in [3.63, 3.8) is 0 Å². The van der Waals surface area contributed by atoms with E-state index in [0.717, 1.165) is 12.8 Å². The highest BCUT2D eigenvalue weighted by Gasteiger charge is 2.52. The topological polar surface area (TPSA) is 137 Å². The van der Waals surface area contributed by atoms with Crippen LogP contribution in [0.2, 0.25) is 0 Å². The molecule has 4 rings (SSSR count). The molecule has 2 heterocycles. The van der Waals surface area contributed by atoms with Crippen molar-refractivity contribution in [2.75, 3.05) is 18.1 Å². The van der Waals surface area contributed by atoms with Crippen molar-refractivity contribution >= 4 is 35.2 Å². The summed E-state index contributed by atoms with van der Waals surface area (Å²) < 4.78 is 0. The minimum absolute atomic E-state index is 0.117. The lowest BCUT2D eigenvalue weighted by molar-refractivity contribution is -0.131. The number of anilines is 1. The van der Waals surface area contributed by atoms with Crippen molar-refractivity contribution in [1.29, 1.82) is 0 Å². The Morgan fingerprint density at radius 1 is 1.19 bits per heavy atom. The van der Waals surface area contributed by atoms with Gasteiger partial charge in [0.25, 0.3) is 11.8 Å². The lowest BCUT2D eigenvalue weighted by Crippen LogP contribution is -2.44. The largest absolute Gasteiger partial charge is 0.368 e. The van der Waals surface area contributed by atoms with Crippen molar-refractivity contribution in [3.05, 3.63) is 30.3 Å². The Morgan fingerprint density at radius 3 is 2.58 bits per heavy atom. The highest BCUT2D eigenvalue weighted by Crippen LogP contribution is 2.35. The molecule has 1 spiro atoms. The molecule has 1 aromatic rings. The van der Waals surface area contributed by atoms with Gasteiger partial charge in [-0.05, 0) is 31.4 Å². The average molecular weight is 426 g/mol.